The van der Waals surface area contributed by atoms with Gasteiger partial charge in [-0.2, -0.15) is 0 Å². The van der Waals surface area contributed by atoms with Gasteiger partial charge >= 0.3 is 0 Å². The van der Waals surface area contributed by atoms with E-state index in [1.807, 2.05) is 0 Å². The molecule has 0 aromatic carbocycles. The van der Waals surface area contributed by atoms with Crippen LogP contribution in [0.1, 0.15) is 29.2 Å². The molecular weight excluding hydrogens is 156 g/mol. The van der Waals surface area contributed by atoms with E-state index in [0.29, 0.717) is 11.7 Å². The summed E-state index contributed by atoms with van der Waals surface area (Å²) in [6.07, 6.45) is 1.55. The van der Waals surface area contributed by atoms with Gasteiger partial charge in [0.1, 0.15) is 5.78 Å². The lowest BCUT2D eigenvalue weighted by molar-refractivity contribution is -0.124. The Labute approximate surface area is 70.1 Å². The molecule has 1 aromatic rings. The van der Waals surface area contributed by atoms with Gasteiger partial charge < -0.3 is 0 Å². The molecule has 0 radical (unpaired) electrons. The fourth-order valence-electron chi connectivity index (χ4n) is 1.40. The average Bonchev–Trinajstić information content (AvgIpc) is 2.29. The number of hydrogen-bond acceptors (Lipinski definition) is 2. The molecule has 1 aliphatic rings. The lowest BCUT2D eigenvalue weighted by atomic mass is 9.80. The zero-order chi connectivity index (χ0) is 7.84. The third kappa shape index (κ3) is 1.23. The highest BCUT2D eigenvalue weighted by molar-refractivity contribution is 7.10. The predicted octanol–water partition coefficient (Wildman–Crippen LogP) is 2.50. The maximum Gasteiger partial charge on any atom is 0.134 e. The second kappa shape index (κ2) is 2.45. The molecule has 11 heavy (non-hydrogen) atoms. The molecule has 58 valence electrons. The smallest absolute Gasteiger partial charge is 0.134 e. The lowest BCUT2D eigenvalue weighted by Gasteiger charge is -2.22. The largest absolute Gasteiger partial charge is 0.300 e. The molecular formula is C9H10OS. The Morgan fingerprint density at radius 3 is 2.73 bits per heavy atom. The molecule has 0 amide bonds. The number of hydrogen-bond donors (Lipinski definition) is 0. The van der Waals surface area contributed by atoms with Gasteiger partial charge in [0.15, 0.2) is 0 Å². The number of carbonyl (C=O) groups is 1. The van der Waals surface area contributed by atoms with Gasteiger partial charge in [0.25, 0.3) is 0 Å². The van der Waals surface area contributed by atoms with Gasteiger partial charge in [-0.25, -0.2) is 0 Å². The third-order valence-electron chi connectivity index (χ3n) is 2.17. The van der Waals surface area contributed by atoms with Gasteiger partial charge in [-0.05, 0) is 29.9 Å². The summed E-state index contributed by atoms with van der Waals surface area (Å²) >= 11 is 1.77. The highest BCUT2D eigenvalue weighted by Crippen LogP contribution is 2.35. The van der Waals surface area contributed by atoms with Crippen molar-refractivity contribution >= 4 is 17.1 Å². The van der Waals surface area contributed by atoms with Crippen LogP contribution in [-0.2, 0) is 4.79 Å². The summed E-state index contributed by atoms with van der Waals surface area (Å²) in [4.78, 5) is 12.0. The van der Waals surface area contributed by atoms with Crippen LogP contribution in [0.3, 0.4) is 0 Å². The maximum atomic E-state index is 10.7. The molecule has 1 fully saturated rings. The van der Waals surface area contributed by atoms with Crippen molar-refractivity contribution in [3.63, 3.8) is 0 Å². The second-order valence-corrected chi connectivity index (χ2v) is 4.25. The Morgan fingerprint density at radius 2 is 2.27 bits per heavy atom. The van der Waals surface area contributed by atoms with Crippen molar-refractivity contribution < 1.29 is 4.79 Å². The van der Waals surface area contributed by atoms with E-state index in [1.54, 1.807) is 11.3 Å². The molecule has 2 heteroatoms. The molecule has 0 unspecified atom stereocenters. The van der Waals surface area contributed by atoms with Crippen LogP contribution in [-0.4, -0.2) is 5.78 Å². The Kier molecular flexibility index (Phi) is 1.57. The van der Waals surface area contributed by atoms with Gasteiger partial charge in [0, 0.05) is 17.7 Å². The zero-order valence-electron chi connectivity index (χ0n) is 6.46. The molecule has 1 heterocycles. The number of carbonyl (C=O) groups excluding carboxylic acids is 1. The van der Waals surface area contributed by atoms with E-state index in [1.165, 1.54) is 10.4 Å². The van der Waals surface area contributed by atoms with Crippen LogP contribution in [0.25, 0.3) is 0 Å². The molecule has 0 bridgehead atoms. The molecule has 1 nitrogen and oxygen atoms in total. The van der Waals surface area contributed by atoms with E-state index >= 15 is 0 Å². The van der Waals surface area contributed by atoms with Crippen molar-refractivity contribution in [2.45, 2.75) is 25.7 Å². The number of rotatable bonds is 1. The van der Waals surface area contributed by atoms with Crippen LogP contribution in [0, 0.1) is 6.92 Å². The molecule has 0 atom stereocenters. The summed E-state index contributed by atoms with van der Waals surface area (Å²) in [5, 5.41) is 2.17. The molecule has 1 aliphatic carbocycles. The minimum absolute atomic E-state index is 0.416. The number of Topliss-reactive ketones (excluding diaryl/α,β-unsaturated/α-hetero) is 1. The van der Waals surface area contributed by atoms with E-state index < -0.39 is 0 Å². The van der Waals surface area contributed by atoms with E-state index in [2.05, 4.69) is 18.4 Å². The monoisotopic (exact) mass is 166 g/mol. The van der Waals surface area contributed by atoms with Crippen LogP contribution >= 0.6 is 11.3 Å². The van der Waals surface area contributed by atoms with Gasteiger partial charge in [0.05, 0.1) is 0 Å². The van der Waals surface area contributed by atoms with E-state index in [4.69, 9.17) is 0 Å². The van der Waals surface area contributed by atoms with Crippen molar-refractivity contribution in [1.82, 2.24) is 0 Å². The van der Waals surface area contributed by atoms with E-state index in [9.17, 15) is 4.79 Å². The summed E-state index contributed by atoms with van der Waals surface area (Å²) in [5.74, 6) is 0.964. The first kappa shape index (κ1) is 7.04. The minimum Gasteiger partial charge on any atom is -0.300 e. The molecule has 2 rings (SSSR count). The summed E-state index contributed by atoms with van der Waals surface area (Å²) in [6, 6.07) is 2.20. The van der Waals surface area contributed by atoms with Crippen molar-refractivity contribution in [1.29, 1.82) is 0 Å². The first-order valence-electron chi connectivity index (χ1n) is 3.82. The van der Waals surface area contributed by atoms with Gasteiger partial charge in [0.2, 0.25) is 0 Å². The van der Waals surface area contributed by atoms with Crippen LogP contribution in [0.15, 0.2) is 11.4 Å². The molecule has 0 N–H and O–H groups in total. The molecule has 1 aromatic heterocycles. The van der Waals surface area contributed by atoms with Crippen molar-refractivity contribution in [3.8, 4) is 0 Å². The first-order valence-corrected chi connectivity index (χ1v) is 4.70. The normalized spacial score (nSPS) is 18.5. The van der Waals surface area contributed by atoms with Crippen molar-refractivity contribution in [2.24, 2.45) is 0 Å². The average molecular weight is 166 g/mol. The Hall–Kier alpha value is -0.630. The first-order chi connectivity index (χ1) is 5.25. The van der Waals surface area contributed by atoms with Gasteiger partial charge in [-0.1, -0.05) is 0 Å². The number of ketones is 1. The highest BCUT2D eigenvalue weighted by Gasteiger charge is 2.28. The minimum atomic E-state index is 0.416. The van der Waals surface area contributed by atoms with Gasteiger partial charge in [-0.3, -0.25) is 4.79 Å². The summed E-state index contributed by atoms with van der Waals surface area (Å²) in [5.41, 5.74) is 1.37. The molecule has 0 saturated heterocycles. The van der Waals surface area contributed by atoms with Crippen LogP contribution < -0.4 is 0 Å². The van der Waals surface area contributed by atoms with E-state index in [0.717, 1.165) is 12.8 Å². The number of thiophene rings is 1. The SMILES string of the molecule is Cc1cc(C2CC(=O)C2)cs1. The van der Waals surface area contributed by atoms with Gasteiger partial charge in [-0.15, -0.1) is 11.3 Å². The van der Waals surface area contributed by atoms with Crippen molar-refractivity contribution in [3.05, 3.63) is 21.9 Å². The fraction of sp³-hybridized carbons (Fsp3) is 0.444. The van der Waals surface area contributed by atoms with Crippen LogP contribution in [0.2, 0.25) is 0 Å². The standard InChI is InChI=1S/C9H10OS/c1-6-2-8(5-11-6)7-3-9(10)4-7/h2,5,7H,3-4H2,1H3. The molecule has 1 saturated carbocycles. The third-order valence-corrected chi connectivity index (χ3v) is 3.05. The summed E-state index contributed by atoms with van der Waals surface area (Å²) in [6.45, 7) is 2.11. The second-order valence-electron chi connectivity index (χ2n) is 3.13. The summed E-state index contributed by atoms with van der Waals surface area (Å²) < 4.78 is 0. The van der Waals surface area contributed by atoms with E-state index in [-0.39, 0.29) is 0 Å². The summed E-state index contributed by atoms with van der Waals surface area (Å²) in [7, 11) is 0. The van der Waals surface area contributed by atoms with Crippen LogP contribution in [0.4, 0.5) is 0 Å². The predicted molar refractivity (Wildman–Crippen MR) is 46.0 cm³/mol. The fourth-order valence-corrected chi connectivity index (χ4v) is 2.19. The quantitative estimate of drug-likeness (QED) is 0.626. The zero-order valence-corrected chi connectivity index (χ0v) is 7.28. The van der Waals surface area contributed by atoms with Crippen molar-refractivity contribution in [2.75, 3.05) is 0 Å². The lowest BCUT2D eigenvalue weighted by Crippen LogP contribution is -2.20. The Bertz CT molecular complexity index is 280. The highest BCUT2D eigenvalue weighted by atomic mass is 32.1. The number of aryl methyl sites for hydroxylation is 1. The molecule has 0 spiro atoms. The topological polar surface area (TPSA) is 17.1 Å². The maximum absolute atomic E-state index is 10.7. The van der Waals surface area contributed by atoms with Crippen LogP contribution in [0.5, 0.6) is 0 Å². The Morgan fingerprint density at radius 1 is 1.55 bits per heavy atom. The Balaban J connectivity index is 2.12. The molecule has 0 aliphatic heterocycles.